The Morgan fingerprint density at radius 2 is 2.07 bits per heavy atom. The SMILES string of the molecule is COC(=O)NCC(C)(C)C1CCOCC1. The summed E-state index contributed by atoms with van der Waals surface area (Å²) in [6.07, 6.45) is 1.81. The third-order valence-electron chi connectivity index (χ3n) is 3.20. The average molecular weight is 215 g/mol. The fourth-order valence-electron chi connectivity index (χ4n) is 2.00. The van der Waals surface area contributed by atoms with Crippen molar-refractivity contribution in [3.05, 3.63) is 0 Å². The summed E-state index contributed by atoms with van der Waals surface area (Å²) in [5.74, 6) is 0.614. The van der Waals surface area contributed by atoms with E-state index in [4.69, 9.17) is 4.74 Å². The van der Waals surface area contributed by atoms with Crippen LogP contribution in [0.4, 0.5) is 4.79 Å². The van der Waals surface area contributed by atoms with Gasteiger partial charge in [-0.05, 0) is 24.2 Å². The van der Waals surface area contributed by atoms with Gasteiger partial charge in [-0.15, -0.1) is 0 Å². The molecular formula is C11H21NO3. The van der Waals surface area contributed by atoms with E-state index in [-0.39, 0.29) is 11.5 Å². The van der Waals surface area contributed by atoms with Crippen LogP contribution in [-0.4, -0.2) is 33.0 Å². The van der Waals surface area contributed by atoms with Crippen LogP contribution in [0.2, 0.25) is 0 Å². The molecule has 88 valence electrons. The molecule has 0 radical (unpaired) electrons. The monoisotopic (exact) mass is 215 g/mol. The van der Waals surface area contributed by atoms with E-state index in [2.05, 4.69) is 23.9 Å². The Hall–Kier alpha value is -0.770. The van der Waals surface area contributed by atoms with Crippen molar-refractivity contribution in [2.75, 3.05) is 26.9 Å². The Morgan fingerprint density at radius 1 is 1.47 bits per heavy atom. The molecule has 0 unspecified atom stereocenters. The molecule has 1 rings (SSSR count). The fourth-order valence-corrected chi connectivity index (χ4v) is 2.00. The van der Waals surface area contributed by atoms with E-state index in [1.54, 1.807) is 0 Å². The minimum absolute atomic E-state index is 0.109. The maximum Gasteiger partial charge on any atom is 0.406 e. The van der Waals surface area contributed by atoms with E-state index in [0.29, 0.717) is 12.5 Å². The first-order valence-electron chi connectivity index (χ1n) is 5.46. The summed E-state index contributed by atoms with van der Waals surface area (Å²) in [7, 11) is 1.39. The highest BCUT2D eigenvalue weighted by Gasteiger charge is 2.31. The molecule has 1 aliphatic heterocycles. The largest absolute Gasteiger partial charge is 0.453 e. The predicted molar refractivity (Wildman–Crippen MR) is 57.7 cm³/mol. The summed E-state index contributed by atoms with van der Waals surface area (Å²) in [4.78, 5) is 11.0. The summed E-state index contributed by atoms with van der Waals surface area (Å²) in [5, 5.41) is 2.77. The molecule has 1 aliphatic rings. The van der Waals surface area contributed by atoms with Crippen molar-refractivity contribution in [2.24, 2.45) is 11.3 Å². The van der Waals surface area contributed by atoms with Crippen LogP contribution < -0.4 is 5.32 Å². The van der Waals surface area contributed by atoms with Crippen molar-refractivity contribution in [3.63, 3.8) is 0 Å². The number of methoxy groups -OCH3 is 1. The van der Waals surface area contributed by atoms with Crippen molar-refractivity contribution in [1.82, 2.24) is 5.32 Å². The van der Waals surface area contributed by atoms with E-state index < -0.39 is 0 Å². The number of amides is 1. The maximum absolute atomic E-state index is 11.0. The molecule has 1 amide bonds. The molecule has 0 aliphatic carbocycles. The molecule has 0 spiro atoms. The number of carbonyl (C=O) groups excluding carboxylic acids is 1. The summed E-state index contributed by atoms with van der Waals surface area (Å²) >= 11 is 0. The second kappa shape index (κ2) is 5.35. The number of hydrogen-bond acceptors (Lipinski definition) is 3. The molecule has 0 aromatic rings. The van der Waals surface area contributed by atoms with Gasteiger partial charge < -0.3 is 14.8 Å². The molecule has 15 heavy (non-hydrogen) atoms. The number of nitrogens with one attached hydrogen (secondary N) is 1. The van der Waals surface area contributed by atoms with Gasteiger partial charge in [-0.3, -0.25) is 0 Å². The molecule has 0 aromatic carbocycles. The molecule has 0 bridgehead atoms. The highest BCUT2D eigenvalue weighted by molar-refractivity contribution is 5.66. The summed E-state index contributed by atoms with van der Waals surface area (Å²) < 4.78 is 9.89. The van der Waals surface area contributed by atoms with Gasteiger partial charge in [-0.1, -0.05) is 13.8 Å². The van der Waals surface area contributed by atoms with Gasteiger partial charge in [-0.2, -0.15) is 0 Å². The first kappa shape index (κ1) is 12.3. The molecule has 4 nitrogen and oxygen atoms in total. The minimum atomic E-state index is -0.352. The normalized spacial score (nSPS) is 18.6. The lowest BCUT2D eigenvalue weighted by Crippen LogP contribution is -2.40. The Kier molecular flexibility index (Phi) is 4.39. The summed E-state index contributed by atoms with van der Waals surface area (Å²) in [6.45, 7) is 6.70. The average Bonchev–Trinajstić information content (AvgIpc) is 2.27. The van der Waals surface area contributed by atoms with Crippen LogP contribution in [0.3, 0.4) is 0 Å². The van der Waals surface area contributed by atoms with E-state index >= 15 is 0 Å². The number of carbonyl (C=O) groups is 1. The van der Waals surface area contributed by atoms with Gasteiger partial charge in [0.05, 0.1) is 7.11 Å². The molecule has 0 saturated carbocycles. The smallest absolute Gasteiger partial charge is 0.406 e. The standard InChI is InChI=1S/C11H21NO3/c1-11(2,8-12-10(13)14-3)9-4-6-15-7-5-9/h9H,4-8H2,1-3H3,(H,12,13). The zero-order valence-electron chi connectivity index (χ0n) is 9.84. The first-order chi connectivity index (χ1) is 7.06. The van der Waals surface area contributed by atoms with Crippen LogP contribution in [0.15, 0.2) is 0 Å². The van der Waals surface area contributed by atoms with Crippen molar-refractivity contribution < 1.29 is 14.3 Å². The Labute approximate surface area is 91.3 Å². The number of alkyl carbamates (subject to hydrolysis) is 1. The van der Waals surface area contributed by atoms with Crippen LogP contribution >= 0.6 is 0 Å². The fraction of sp³-hybridized carbons (Fsp3) is 0.909. The zero-order valence-corrected chi connectivity index (χ0v) is 9.84. The topological polar surface area (TPSA) is 47.6 Å². The second-order valence-corrected chi connectivity index (χ2v) is 4.72. The molecule has 1 heterocycles. The van der Waals surface area contributed by atoms with Gasteiger partial charge in [-0.25, -0.2) is 4.79 Å². The predicted octanol–water partition coefficient (Wildman–Crippen LogP) is 1.80. The zero-order chi connectivity index (χ0) is 11.3. The summed E-state index contributed by atoms with van der Waals surface area (Å²) in [5.41, 5.74) is 0.109. The van der Waals surface area contributed by atoms with Crippen molar-refractivity contribution in [1.29, 1.82) is 0 Å². The number of ether oxygens (including phenoxy) is 2. The molecule has 4 heteroatoms. The second-order valence-electron chi connectivity index (χ2n) is 4.72. The highest BCUT2D eigenvalue weighted by Crippen LogP contribution is 2.33. The summed E-state index contributed by atoms with van der Waals surface area (Å²) in [6, 6.07) is 0. The van der Waals surface area contributed by atoms with E-state index in [1.165, 1.54) is 7.11 Å². The lowest BCUT2D eigenvalue weighted by Gasteiger charge is -2.36. The van der Waals surface area contributed by atoms with Gasteiger partial charge in [0.2, 0.25) is 0 Å². The molecule has 1 saturated heterocycles. The Balaban J connectivity index is 2.38. The Bertz CT molecular complexity index is 210. The molecule has 1 fully saturated rings. The van der Waals surface area contributed by atoms with E-state index in [1.807, 2.05) is 0 Å². The third kappa shape index (κ3) is 3.70. The number of rotatable bonds is 3. The maximum atomic E-state index is 11.0. The van der Waals surface area contributed by atoms with Gasteiger partial charge in [0.1, 0.15) is 0 Å². The quantitative estimate of drug-likeness (QED) is 0.780. The van der Waals surface area contributed by atoms with Crippen molar-refractivity contribution in [2.45, 2.75) is 26.7 Å². The first-order valence-corrected chi connectivity index (χ1v) is 5.46. The lowest BCUT2D eigenvalue weighted by atomic mass is 9.74. The van der Waals surface area contributed by atoms with Crippen molar-refractivity contribution >= 4 is 6.09 Å². The Morgan fingerprint density at radius 3 is 2.60 bits per heavy atom. The van der Waals surface area contributed by atoms with Gasteiger partial charge in [0.15, 0.2) is 0 Å². The molecule has 1 N–H and O–H groups in total. The van der Waals surface area contributed by atoms with Crippen molar-refractivity contribution in [3.8, 4) is 0 Å². The van der Waals surface area contributed by atoms with Gasteiger partial charge in [0.25, 0.3) is 0 Å². The molecule has 0 atom stereocenters. The van der Waals surface area contributed by atoms with Crippen LogP contribution in [0.25, 0.3) is 0 Å². The van der Waals surface area contributed by atoms with Gasteiger partial charge >= 0.3 is 6.09 Å². The van der Waals surface area contributed by atoms with Crippen LogP contribution in [0.1, 0.15) is 26.7 Å². The highest BCUT2D eigenvalue weighted by atomic mass is 16.5. The van der Waals surface area contributed by atoms with Crippen LogP contribution in [-0.2, 0) is 9.47 Å². The molecule has 0 aromatic heterocycles. The molecular weight excluding hydrogens is 194 g/mol. The van der Waals surface area contributed by atoms with Crippen LogP contribution in [0.5, 0.6) is 0 Å². The van der Waals surface area contributed by atoms with Crippen LogP contribution in [0, 0.1) is 11.3 Å². The van der Waals surface area contributed by atoms with Gasteiger partial charge in [0, 0.05) is 19.8 Å². The minimum Gasteiger partial charge on any atom is -0.453 e. The third-order valence-corrected chi connectivity index (χ3v) is 3.20. The number of hydrogen-bond donors (Lipinski definition) is 1. The lowest BCUT2D eigenvalue weighted by molar-refractivity contribution is 0.0228. The van der Waals surface area contributed by atoms with E-state index in [9.17, 15) is 4.79 Å². The van der Waals surface area contributed by atoms with E-state index in [0.717, 1.165) is 26.1 Å².